The number of nitrogens with one attached hydrogen (secondary N) is 1. The van der Waals surface area contributed by atoms with Crippen LogP contribution in [0.3, 0.4) is 0 Å². The van der Waals surface area contributed by atoms with Crippen molar-refractivity contribution in [1.82, 2.24) is 19.5 Å². The van der Waals surface area contributed by atoms with Gasteiger partial charge >= 0.3 is 5.97 Å². The van der Waals surface area contributed by atoms with Gasteiger partial charge in [0.05, 0.1) is 6.61 Å². The highest BCUT2D eigenvalue weighted by Gasteiger charge is 2.20. The summed E-state index contributed by atoms with van der Waals surface area (Å²) in [7, 11) is 0. The minimum atomic E-state index is -0.364. The molecule has 0 fully saturated rings. The van der Waals surface area contributed by atoms with Crippen LogP contribution in [0.15, 0.2) is 80.6 Å². The minimum Gasteiger partial charge on any atom is -0.463 e. The van der Waals surface area contributed by atoms with Crippen molar-refractivity contribution in [2.75, 3.05) is 18.5 Å². The molecule has 0 atom stereocenters. The Hall–Kier alpha value is -3.41. The number of ether oxygens (including phenoxy) is 2. The van der Waals surface area contributed by atoms with Crippen LogP contribution in [0.25, 0.3) is 11.2 Å². The van der Waals surface area contributed by atoms with E-state index >= 15 is 0 Å². The molecule has 0 bridgehead atoms. The van der Waals surface area contributed by atoms with Gasteiger partial charge in [-0.3, -0.25) is 19.5 Å². The van der Waals surface area contributed by atoms with Crippen LogP contribution in [0.4, 0.5) is 5.95 Å². The lowest BCUT2D eigenvalue weighted by Crippen LogP contribution is -2.13. The van der Waals surface area contributed by atoms with Gasteiger partial charge in [0.15, 0.2) is 10.8 Å². The van der Waals surface area contributed by atoms with Crippen LogP contribution in [-0.4, -0.2) is 44.6 Å². The molecule has 0 aliphatic rings. The summed E-state index contributed by atoms with van der Waals surface area (Å²) in [6.07, 6.45) is 0. The van der Waals surface area contributed by atoms with Crippen molar-refractivity contribution in [1.29, 1.82) is 0 Å². The molecule has 9 nitrogen and oxygen atoms in total. The largest absolute Gasteiger partial charge is 0.463 e. The zero-order valence-corrected chi connectivity index (χ0v) is 20.8. The SMILES string of the molecule is CC(=O)Nc1nc(Sc2ccccc2)c2nc(Sc3ccccc3)n(COCCOC(C)=O)c2n1. The van der Waals surface area contributed by atoms with Crippen molar-refractivity contribution < 1.29 is 19.1 Å². The molecule has 180 valence electrons. The van der Waals surface area contributed by atoms with Crippen LogP contribution in [0.2, 0.25) is 0 Å². The van der Waals surface area contributed by atoms with E-state index in [2.05, 4.69) is 15.3 Å². The molecular formula is C24H23N5O4S2. The monoisotopic (exact) mass is 509 g/mol. The van der Waals surface area contributed by atoms with Gasteiger partial charge in [0, 0.05) is 23.6 Å². The number of imidazole rings is 1. The van der Waals surface area contributed by atoms with Crippen LogP contribution >= 0.6 is 23.5 Å². The quantitative estimate of drug-likeness (QED) is 0.186. The summed E-state index contributed by atoms with van der Waals surface area (Å²) >= 11 is 2.90. The van der Waals surface area contributed by atoms with Gasteiger partial charge in [-0.2, -0.15) is 4.98 Å². The summed E-state index contributed by atoms with van der Waals surface area (Å²) in [6, 6.07) is 19.6. The van der Waals surface area contributed by atoms with Crippen LogP contribution < -0.4 is 5.32 Å². The molecule has 11 heteroatoms. The molecule has 0 saturated carbocycles. The van der Waals surface area contributed by atoms with Crippen LogP contribution in [0.1, 0.15) is 13.8 Å². The van der Waals surface area contributed by atoms with Gasteiger partial charge in [-0.25, -0.2) is 9.97 Å². The molecule has 0 spiro atoms. The van der Waals surface area contributed by atoms with Crippen molar-refractivity contribution >= 4 is 52.5 Å². The Kier molecular flexibility index (Phi) is 8.35. The number of benzene rings is 2. The number of anilines is 1. The smallest absolute Gasteiger partial charge is 0.302 e. The summed E-state index contributed by atoms with van der Waals surface area (Å²) in [5.74, 6) is -0.458. The molecule has 4 aromatic rings. The number of carbonyl (C=O) groups excluding carboxylic acids is 2. The third-order valence-corrected chi connectivity index (χ3v) is 6.47. The number of hydrogen-bond acceptors (Lipinski definition) is 9. The van der Waals surface area contributed by atoms with E-state index in [1.807, 2.05) is 65.2 Å². The van der Waals surface area contributed by atoms with Gasteiger partial charge < -0.3 is 9.47 Å². The highest BCUT2D eigenvalue weighted by molar-refractivity contribution is 7.99. The molecule has 35 heavy (non-hydrogen) atoms. The number of fused-ring (bicyclic) bond motifs is 1. The Balaban J connectivity index is 1.75. The van der Waals surface area contributed by atoms with Gasteiger partial charge in [0.1, 0.15) is 23.9 Å². The topological polar surface area (TPSA) is 108 Å². The number of carbonyl (C=O) groups is 2. The number of hydrogen-bond donors (Lipinski definition) is 1. The highest BCUT2D eigenvalue weighted by Crippen LogP contribution is 2.36. The molecule has 0 unspecified atom stereocenters. The van der Waals surface area contributed by atoms with E-state index < -0.39 is 0 Å². The maximum Gasteiger partial charge on any atom is 0.302 e. The first kappa shape index (κ1) is 24.7. The molecular weight excluding hydrogens is 486 g/mol. The first-order valence-corrected chi connectivity index (χ1v) is 12.4. The predicted octanol–water partition coefficient (Wildman–Crippen LogP) is 4.62. The third-order valence-electron chi connectivity index (χ3n) is 4.48. The van der Waals surface area contributed by atoms with Crippen molar-refractivity contribution in [3.63, 3.8) is 0 Å². The third kappa shape index (κ3) is 6.81. The summed E-state index contributed by atoms with van der Waals surface area (Å²) in [6.45, 7) is 3.24. The fourth-order valence-corrected chi connectivity index (χ4v) is 4.80. The summed E-state index contributed by atoms with van der Waals surface area (Å²) in [5.41, 5.74) is 1.11. The Morgan fingerprint density at radius 3 is 2.17 bits per heavy atom. The number of aromatic nitrogens is 4. The molecule has 2 aromatic carbocycles. The van der Waals surface area contributed by atoms with Crippen LogP contribution in [0, 0.1) is 0 Å². The number of amides is 1. The Morgan fingerprint density at radius 2 is 1.54 bits per heavy atom. The van der Waals surface area contributed by atoms with E-state index in [1.54, 1.807) is 0 Å². The lowest BCUT2D eigenvalue weighted by molar-refractivity contribution is -0.142. The zero-order chi connectivity index (χ0) is 24.6. The van der Waals surface area contributed by atoms with E-state index in [9.17, 15) is 9.59 Å². The Bertz CT molecular complexity index is 1320. The summed E-state index contributed by atoms with van der Waals surface area (Å²) < 4.78 is 12.5. The van der Waals surface area contributed by atoms with E-state index in [4.69, 9.17) is 14.5 Å². The van der Waals surface area contributed by atoms with Gasteiger partial charge in [-0.15, -0.1) is 0 Å². The first-order valence-electron chi connectivity index (χ1n) is 10.7. The fraction of sp³-hybridized carbons (Fsp3) is 0.208. The molecule has 0 radical (unpaired) electrons. The van der Waals surface area contributed by atoms with E-state index in [-0.39, 0.29) is 37.8 Å². The lowest BCUT2D eigenvalue weighted by atomic mass is 10.4. The molecule has 0 aliphatic carbocycles. The average Bonchev–Trinajstić information content (AvgIpc) is 3.17. The Morgan fingerprint density at radius 1 is 0.886 bits per heavy atom. The molecule has 1 N–H and O–H groups in total. The molecule has 0 saturated heterocycles. The first-order chi connectivity index (χ1) is 17.0. The zero-order valence-electron chi connectivity index (χ0n) is 19.1. The van der Waals surface area contributed by atoms with Crippen LogP contribution in [-0.2, 0) is 25.8 Å². The lowest BCUT2D eigenvalue weighted by Gasteiger charge is -2.10. The van der Waals surface area contributed by atoms with E-state index in [1.165, 1.54) is 37.4 Å². The Labute approximate surface area is 210 Å². The molecule has 4 rings (SSSR count). The predicted molar refractivity (Wildman–Crippen MR) is 133 cm³/mol. The van der Waals surface area contributed by atoms with Gasteiger partial charge in [-0.05, 0) is 24.3 Å². The van der Waals surface area contributed by atoms with Crippen molar-refractivity contribution in [2.45, 2.75) is 40.6 Å². The molecule has 2 aromatic heterocycles. The van der Waals surface area contributed by atoms with Gasteiger partial charge in [0.2, 0.25) is 11.9 Å². The second-order valence-electron chi connectivity index (χ2n) is 7.24. The van der Waals surface area contributed by atoms with Gasteiger partial charge in [0.25, 0.3) is 0 Å². The molecule has 0 aliphatic heterocycles. The second-order valence-corrected chi connectivity index (χ2v) is 9.34. The number of nitrogens with zero attached hydrogens (tertiary/aromatic N) is 4. The minimum absolute atomic E-state index is 0.124. The summed E-state index contributed by atoms with van der Waals surface area (Å²) in [4.78, 5) is 38.8. The van der Waals surface area contributed by atoms with Crippen molar-refractivity contribution in [3.05, 3.63) is 60.7 Å². The number of esters is 1. The van der Waals surface area contributed by atoms with E-state index in [0.29, 0.717) is 21.3 Å². The van der Waals surface area contributed by atoms with Crippen molar-refractivity contribution in [2.24, 2.45) is 0 Å². The molecule has 1 amide bonds. The standard InChI is InChI=1S/C24H23N5O4S2/c1-16(30)25-23-27-21-20(22(28-23)34-18-9-5-3-6-10-18)26-24(35-19-11-7-4-8-12-19)29(21)15-32-13-14-33-17(2)31/h3-12H,13-15H2,1-2H3,(H,25,27,28,30). The maximum atomic E-state index is 11.8. The molecule has 2 heterocycles. The van der Waals surface area contributed by atoms with E-state index in [0.717, 1.165) is 9.79 Å². The average molecular weight is 510 g/mol. The maximum absolute atomic E-state index is 11.8. The second kappa shape index (κ2) is 11.8. The van der Waals surface area contributed by atoms with Crippen molar-refractivity contribution in [3.8, 4) is 0 Å². The normalized spacial score (nSPS) is 10.9. The van der Waals surface area contributed by atoms with Gasteiger partial charge in [-0.1, -0.05) is 59.9 Å². The fourth-order valence-electron chi connectivity index (χ4n) is 3.03. The number of rotatable bonds is 10. The highest BCUT2D eigenvalue weighted by atomic mass is 32.2. The van der Waals surface area contributed by atoms with Crippen LogP contribution in [0.5, 0.6) is 0 Å². The summed E-state index contributed by atoms with van der Waals surface area (Å²) in [5, 5.41) is 3.94.